The molecule has 0 bridgehead atoms. The van der Waals surface area contributed by atoms with Gasteiger partial charge in [-0.05, 0) is 36.6 Å². The van der Waals surface area contributed by atoms with Crippen LogP contribution in [0.1, 0.15) is 31.9 Å². The maximum Gasteiger partial charge on any atom is 0.107 e. The molecule has 2 aromatic rings. The van der Waals surface area contributed by atoms with Crippen LogP contribution in [-0.2, 0) is 6.42 Å². The summed E-state index contributed by atoms with van der Waals surface area (Å²) in [6.07, 6.45) is 0.727. The molecule has 1 aromatic carbocycles. The lowest BCUT2D eigenvalue weighted by atomic mass is 10.1. The first kappa shape index (κ1) is 16.6. The Kier molecular flexibility index (Phi) is 5.18. The normalized spacial score (nSPS) is 12.3. The van der Waals surface area contributed by atoms with E-state index in [1.165, 1.54) is 34.4 Å². The van der Waals surface area contributed by atoms with E-state index in [4.69, 9.17) is 11.6 Å². The molecule has 0 fully saturated rings. The Bertz CT molecular complexity index is 623. The maximum atomic E-state index is 9.51. The summed E-state index contributed by atoms with van der Waals surface area (Å²) in [7, 11) is -1.50. The van der Waals surface area contributed by atoms with E-state index < -0.39 is 8.07 Å². The Labute approximate surface area is 133 Å². The third-order valence-corrected chi connectivity index (χ3v) is 11.1. The average Bonchev–Trinajstić information content (AvgIpc) is 2.82. The van der Waals surface area contributed by atoms with Crippen molar-refractivity contribution < 1.29 is 5.11 Å². The first-order valence-corrected chi connectivity index (χ1v) is 10.9. The van der Waals surface area contributed by atoms with Gasteiger partial charge in [0, 0.05) is 27.8 Å². The third-order valence-electron chi connectivity index (χ3n) is 5.11. The minimum atomic E-state index is -1.50. The highest BCUT2D eigenvalue weighted by molar-refractivity contribution is 6.91. The molecule has 116 valence electrons. The SMILES string of the molecule is CC[Si](CC)(CC)c1[nH]c2cc(Cl)c(C)cc2c1CCO. The Morgan fingerprint density at radius 2 is 1.76 bits per heavy atom. The van der Waals surface area contributed by atoms with Gasteiger partial charge < -0.3 is 10.1 Å². The van der Waals surface area contributed by atoms with Gasteiger partial charge in [0.1, 0.15) is 8.07 Å². The number of H-pyrrole nitrogens is 1. The number of nitrogens with one attached hydrogen (secondary N) is 1. The standard InChI is InChI=1S/C17H26ClNOSi/c1-5-21(6-2,7-3)17-13(8-9-20)14-10-12(4)15(18)11-16(14)19-17/h10-11,19-20H,5-9H2,1-4H3. The minimum absolute atomic E-state index is 0.198. The highest BCUT2D eigenvalue weighted by atomic mass is 35.5. The van der Waals surface area contributed by atoms with Gasteiger partial charge in [0.25, 0.3) is 0 Å². The maximum absolute atomic E-state index is 9.51. The van der Waals surface area contributed by atoms with Gasteiger partial charge in [-0.1, -0.05) is 50.5 Å². The van der Waals surface area contributed by atoms with Crippen LogP contribution in [0.15, 0.2) is 12.1 Å². The van der Waals surface area contributed by atoms with Gasteiger partial charge >= 0.3 is 0 Å². The predicted molar refractivity (Wildman–Crippen MR) is 95.7 cm³/mol. The fraction of sp³-hybridized carbons (Fsp3) is 0.529. The highest BCUT2D eigenvalue weighted by Crippen LogP contribution is 2.29. The van der Waals surface area contributed by atoms with Crippen molar-refractivity contribution in [2.75, 3.05) is 6.61 Å². The number of aliphatic hydroxyl groups excluding tert-OH is 1. The van der Waals surface area contributed by atoms with Crippen molar-refractivity contribution in [3.8, 4) is 0 Å². The fourth-order valence-electron chi connectivity index (χ4n) is 3.48. The zero-order valence-electron chi connectivity index (χ0n) is 13.5. The Morgan fingerprint density at radius 3 is 2.29 bits per heavy atom. The first-order chi connectivity index (χ1) is 10.0. The van der Waals surface area contributed by atoms with Crippen LogP contribution < -0.4 is 5.32 Å². The summed E-state index contributed by atoms with van der Waals surface area (Å²) in [4.78, 5) is 3.68. The fourth-order valence-corrected chi connectivity index (χ4v) is 7.51. The summed E-state index contributed by atoms with van der Waals surface area (Å²) >= 11 is 6.28. The smallest absolute Gasteiger partial charge is 0.107 e. The lowest BCUT2D eigenvalue weighted by Crippen LogP contribution is -2.48. The molecule has 2 N–H and O–H groups in total. The van der Waals surface area contributed by atoms with Crippen molar-refractivity contribution in [1.82, 2.24) is 4.98 Å². The highest BCUT2D eigenvalue weighted by Gasteiger charge is 2.33. The van der Waals surface area contributed by atoms with Crippen molar-refractivity contribution in [3.05, 3.63) is 28.3 Å². The van der Waals surface area contributed by atoms with Crippen LogP contribution in [0.5, 0.6) is 0 Å². The molecule has 2 rings (SSSR count). The lowest BCUT2D eigenvalue weighted by Gasteiger charge is -2.28. The monoisotopic (exact) mass is 323 g/mol. The summed E-state index contributed by atoms with van der Waals surface area (Å²) < 4.78 is 0. The number of aryl methyl sites for hydroxylation is 1. The zero-order valence-corrected chi connectivity index (χ0v) is 15.3. The number of aliphatic hydroxyl groups is 1. The van der Waals surface area contributed by atoms with Gasteiger partial charge in [-0.3, -0.25) is 0 Å². The summed E-state index contributed by atoms with van der Waals surface area (Å²) in [5.74, 6) is 0. The molecule has 0 spiro atoms. The van der Waals surface area contributed by atoms with Gasteiger partial charge in [-0.15, -0.1) is 0 Å². The summed E-state index contributed by atoms with van der Waals surface area (Å²) in [5.41, 5.74) is 3.55. The van der Waals surface area contributed by atoms with Crippen molar-refractivity contribution in [2.24, 2.45) is 0 Å². The molecule has 0 aliphatic carbocycles. The van der Waals surface area contributed by atoms with E-state index in [2.05, 4.69) is 31.8 Å². The topological polar surface area (TPSA) is 36.0 Å². The molecule has 4 heteroatoms. The number of benzene rings is 1. The Hall–Kier alpha value is -0.773. The van der Waals surface area contributed by atoms with E-state index in [1.54, 1.807) is 0 Å². The van der Waals surface area contributed by atoms with Crippen molar-refractivity contribution in [2.45, 2.75) is 52.2 Å². The van der Waals surface area contributed by atoms with Gasteiger partial charge in [-0.25, -0.2) is 0 Å². The molecule has 1 aromatic heterocycles. The molecule has 0 radical (unpaired) electrons. The van der Waals surface area contributed by atoms with E-state index in [1.807, 2.05) is 13.0 Å². The number of hydrogen-bond donors (Lipinski definition) is 2. The molecule has 0 amide bonds. The third kappa shape index (κ3) is 2.79. The van der Waals surface area contributed by atoms with Crippen LogP contribution in [0.3, 0.4) is 0 Å². The number of rotatable bonds is 6. The minimum Gasteiger partial charge on any atom is -0.396 e. The van der Waals surface area contributed by atoms with Crippen molar-refractivity contribution in [1.29, 1.82) is 0 Å². The van der Waals surface area contributed by atoms with Crippen LogP contribution in [0.4, 0.5) is 0 Å². The molecule has 0 saturated heterocycles. The average molecular weight is 324 g/mol. The van der Waals surface area contributed by atoms with E-state index >= 15 is 0 Å². The molecule has 0 saturated carbocycles. The number of halogens is 1. The summed E-state index contributed by atoms with van der Waals surface area (Å²) in [6, 6.07) is 7.91. The molecular formula is C17H26ClNOSi. The van der Waals surface area contributed by atoms with E-state index in [-0.39, 0.29) is 6.61 Å². The Morgan fingerprint density at radius 1 is 1.14 bits per heavy atom. The van der Waals surface area contributed by atoms with Gasteiger partial charge in [0.15, 0.2) is 0 Å². The number of hydrogen-bond acceptors (Lipinski definition) is 1. The summed E-state index contributed by atoms with van der Waals surface area (Å²) in [6.45, 7) is 9.17. The molecule has 1 heterocycles. The largest absolute Gasteiger partial charge is 0.396 e. The second-order valence-electron chi connectivity index (χ2n) is 5.94. The van der Waals surface area contributed by atoms with E-state index in [0.717, 1.165) is 22.5 Å². The number of aromatic amines is 1. The molecule has 0 atom stereocenters. The second kappa shape index (κ2) is 6.55. The molecular weight excluding hydrogens is 298 g/mol. The molecule has 0 aliphatic rings. The van der Waals surface area contributed by atoms with Gasteiger partial charge in [0.2, 0.25) is 0 Å². The summed E-state index contributed by atoms with van der Waals surface area (Å²) in [5, 5.41) is 13.0. The van der Waals surface area contributed by atoms with Crippen molar-refractivity contribution >= 4 is 35.9 Å². The molecule has 0 aliphatic heterocycles. The number of fused-ring (bicyclic) bond motifs is 1. The van der Waals surface area contributed by atoms with Crippen molar-refractivity contribution in [3.63, 3.8) is 0 Å². The van der Waals surface area contributed by atoms with Crippen LogP contribution >= 0.6 is 11.6 Å². The molecule has 2 nitrogen and oxygen atoms in total. The first-order valence-electron chi connectivity index (χ1n) is 7.95. The lowest BCUT2D eigenvalue weighted by molar-refractivity contribution is 0.300. The zero-order chi connectivity index (χ0) is 15.6. The molecule has 21 heavy (non-hydrogen) atoms. The van der Waals surface area contributed by atoms with Gasteiger partial charge in [0.05, 0.1) is 0 Å². The van der Waals surface area contributed by atoms with E-state index in [0.29, 0.717) is 0 Å². The van der Waals surface area contributed by atoms with Crippen LogP contribution in [0.25, 0.3) is 10.9 Å². The van der Waals surface area contributed by atoms with Crippen LogP contribution in [0, 0.1) is 6.92 Å². The second-order valence-corrected chi connectivity index (χ2v) is 11.5. The number of aromatic nitrogens is 1. The van der Waals surface area contributed by atoms with Gasteiger partial charge in [-0.2, -0.15) is 0 Å². The quantitative estimate of drug-likeness (QED) is 0.760. The van der Waals surface area contributed by atoms with Crippen LogP contribution in [-0.4, -0.2) is 24.8 Å². The van der Waals surface area contributed by atoms with Crippen LogP contribution in [0.2, 0.25) is 23.2 Å². The predicted octanol–water partition coefficient (Wildman–Crippen LogP) is 4.38. The molecule has 0 unspecified atom stereocenters. The van der Waals surface area contributed by atoms with E-state index in [9.17, 15) is 5.11 Å². The Balaban J connectivity index is 2.75.